The second kappa shape index (κ2) is 6.21. The van der Waals surface area contributed by atoms with Gasteiger partial charge in [0.25, 0.3) is 0 Å². The van der Waals surface area contributed by atoms with Crippen LogP contribution in [0.5, 0.6) is 5.88 Å². The lowest BCUT2D eigenvalue weighted by atomic mass is 10.2. The summed E-state index contributed by atoms with van der Waals surface area (Å²) in [6, 6.07) is 2.61. The van der Waals surface area contributed by atoms with E-state index in [1.54, 1.807) is 0 Å². The van der Waals surface area contributed by atoms with Crippen molar-refractivity contribution in [2.45, 2.75) is 38.8 Å². The Morgan fingerprint density at radius 3 is 3.00 bits per heavy atom. The molecule has 18 heavy (non-hydrogen) atoms. The summed E-state index contributed by atoms with van der Waals surface area (Å²) in [5.74, 6) is 0.507. The molecule has 1 N–H and O–H groups in total. The molecule has 0 amide bonds. The third-order valence-corrected chi connectivity index (χ3v) is 3.07. The Bertz CT molecular complexity index is 430. The van der Waals surface area contributed by atoms with Gasteiger partial charge in [-0.05, 0) is 31.4 Å². The SMILES string of the molecule is C=C(C)CCOc1ncc(CNC2CC2)cc1Cl. The first kappa shape index (κ1) is 13.4. The van der Waals surface area contributed by atoms with Gasteiger partial charge >= 0.3 is 0 Å². The minimum atomic E-state index is 0.507. The maximum Gasteiger partial charge on any atom is 0.232 e. The maximum absolute atomic E-state index is 6.14. The lowest BCUT2D eigenvalue weighted by Gasteiger charge is -2.08. The van der Waals surface area contributed by atoms with Gasteiger partial charge in [-0.3, -0.25) is 0 Å². The molecule has 4 heteroatoms. The van der Waals surface area contributed by atoms with Gasteiger partial charge in [0.2, 0.25) is 5.88 Å². The smallest absolute Gasteiger partial charge is 0.232 e. The lowest BCUT2D eigenvalue weighted by Crippen LogP contribution is -2.15. The average Bonchev–Trinajstić information content (AvgIpc) is 3.12. The lowest BCUT2D eigenvalue weighted by molar-refractivity contribution is 0.309. The quantitative estimate of drug-likeness (QED) is 0.769. The fraction of sp³-hybridized carbons (Fsp3) is 0.500. The molecule has 0 radical (unpaired) electrons. The van der Waals surface area contributed by atoms with Crippen LogP contribution in [0.2, 0.25) is 5.02 Å². The molecule has 1 aromatic rings. The highest BCUT2D eigenvalue weighted by molar-refractivity contribution is 6.31. The van der Waals surface area contributed by atoms with Crippen molar-refractivity contribution in [1.82, 2.24) is 10.3 Å². The molecule has 1 fully saturated rings. The number of nitrogens with one attached hydrogen (secondary N) is 1. The Morgan fingerprint density at radius 2 is 2.39 bits per heavy atom. The Balaban J connectivity index is 1.85. The second-order valence-electron chi connectivity index (χ2n) is 4.84. The zero-order chi connectivity index (χ0) is 13.0. The number of rotatable bonds is 7. The molecule has 1 aliphatic rings. The molecule has 1 saturated carbocycles. The number of pyridine rings is 1. The fourth-order valence-electron chi connectivity index (χ4n) is 1.54. The molecule has 1 aliphatic carbocycles. The predicted octanol–water partition coefficient (Wildman–Crippen LogP) is 3.33. The van der Waals surface area contributed by atoms with Gasteiger partial charge in [-0.25, -0.2) is 4.98 Å². The summed E-state index contributed by atoms with van der Waals surface area (Å²) >= 11 is 6.14. The molecule has 0 unspecified atom stereocenters. The molecule has 98 valence electrons. The van der Waals surface area contributed by atoms with Crippen molar-refractivity contribution in [2.24, 2.45) is 0 Å². The summed E-state index contributed by atoms with van der Waals surface area (Å²) in [6.07, 6.45) is 5.20. The number of hydrogen-bond acceptors (Lipinski definition) is 3. The van der Waals surface area contributed by atoms with Crippen LogP contribution >= 0.6 is 11.6 Å². The molecular weight excluding hydrogens is 248 g/mol. The van der Waals surface area contributed by atoms with Gasteiger partial charge in [-0.1, -0.05) is 17.2 Å². The minimum absolute atomic E-state index is 0.507. The molecule has 0 saturated heterocycles. The van der Waals surface area contributed by atoms with E-state index in [4.69, 9.17) is 16.3 Å². The highest BCUT2D eigenvalue weighted by atomic mass is 35.5. The summed E-state index contributed by atoms with van der Waals surface area (Å²) < 4.78 is 5.52. The van der Waals surface area contributed by atoms with Gasteiger partial charge in [0.15, 0.2) is 0 Å². The first-order valence-electron chi connectivity index (χ1n) is 6.30. The van der Waals surface area contributed by atoms with Crippen LogP contribution < -0.4 is 10.1 Å². The van der Waals surface area contributed by atoms with Crippen molar-refractivity contribution in [3.8, 4) is 5.88 Å². The molecule has 0 bridgehead atoms. The number of aromatic nitrogens is 1. The van der Waals surface area contributed by atoms with Gasteiger partial charge < -0.3 is 10.1 Å². The van der Waals surface area contributed by atoms with E-state index in [0.717, 1.165) is 24.1 Å². The van der Waals surface area contributed by atoms with E-state index >= 15 is 0 Å². The van der Waals surface area contributed by atoms with Gasteiger partial charge in [-0.15, -0.1) is 6.58 Å². The number of ether oxygens (including phenoxy) is 1. The predicted molar refractivity (Wildman–Crippen MR) is 74.0 cm³/mol. The van der Waals surface area contributed by atoms with Crippen molar-refractivity contribution in [3.63, 3.8) is 0 Å². The zero-order valence-electron chi connectivity index (χ0n) is 10.7. The number of halogens is 1. The summed E-state index contributed by atoms with van der Waals surface area (Å²) in [4.78, 5) is 4.25. The largest absolute Gasteiger partial charge is 0.476 e. The van der Waals surface area contributed by atoms with E-state index in [9.17, 15) is 0 Å². The normalized spacial score (nSPS) is 14.6. The Morgan fingerprint density at radius 1 is 1.61 bits per heavy atom. The molecule has 2 rings (SSSR count). The summed E-state index contributed by atoms with van der Waals surface area (Å²) in [5, 5.41) is 4.00. The van der Waals surface area contributed by atoms with Crippen LogP contribution in [0.25, 0.3) is 0 Å². The van der Waals surface area contributed by atoms with Gasteiger partial charge in [0, 0.05) is 25.2 Å². The second-order valence-corrected chi connectivity index (χ2v) is 5.25. The van der Waals surface area contributed by atoms with Crippen LogP contribution in [0.15, 0.2) is 24.4 Å². The summed E-state index contributed by atoms with van der Waals surface area (Å²) in [5.41, 5.74) is 2.19. The molecule has 1 aromatic heterocycles. The van der Waals surface area contributed by atoms with E-state index in [0.29, 0.717) is 23.6 Å². The fourth-order valence-corrected chi connectivity index (χ4v) is 1.78. The van der Waals surface area contributed by atoms with Crippen LogP contribution in [0.4, 0.5) is 0 Å². The molecule has 0 atom stereocenters. The molecule has 3 nitrogen and oxygen atoms in total. The van der Waals surface area contributed by atoms with E-state index < -0.39 is 0 Å². The molecular formula is C14H19ClN2O. The third kappa shape index (κ3) is 4.31. The topological polar surface area (TPSA) is 34.1 Å². The first-order valence-corrected chi connectivity index (χ1v) is 6.68. The molecule has 0 aliphatic heterocycles. The Kier molecular flexibility index (Phi) is 4.61. The van der Waals surface area contributed by atoms with Crippen LogP contribution in [0.1, 0.15) is 31.7 Å². The summed E-state index contributed by atoms with van der Waals surface area (Å²) in [7, 11) is 0. The van der Waals surface area contributed by atoms with Crippen molar-refractivity contribution >= 4 is 11.6 Å². The van der Waals surface area contributed by atoms with Gasteiger partial charge in [-0.2, -0.15) is 0 Å². The highest BCUT2D eigenvalue weighted by Gasteiger charge is 2.20. The highest BCUT2D eigenvalue weighted by Crippen LogP contribution is 2.24. The number of hydrogen-bond donors (Lipinski definition) is 1. The van der Waals surface area contributed by atoms with E-state index in [-0.39, 0.29) is 0 Å². The first-order chi connectivity index (χ1) is 8.65. The molecule has 0 spiro atoms. The number of nitrogens with zero attached hydrogens (tertiary/aromatic N) is 1. The Hall–Kier alpha value is -1.06. The molecule has 0 aromatic carbocycles. The van der Waals surface area contributed by atoms with Crippen LogP contribution in [0.3, 0.4) is 0 Å². The van der Waals surface area contributed by atoms with Crippen molar-refractivity contribution < 1.29 is 4.74 Å². The van der Waals surface area contributed by atoms with Crippen LogP contribution in [-0.2, 0) is 6.54 Å². The van der Waals surface area contributed by atoms with Crippen molar-refractivity contribution in [3.05, 3.63) is 35.0 Å². The van der Waals surface area contributed by atoms with E-state index in [1.165, 1.54) is 12.8 Å². The van der Waals surface area contributed by atoms with Crippen LogP contribution in [0, 0.1) is 0 Å². The van der Waals surface area contributed by atoms with Gasteiger partial charge in [0.05, 0.1) is 6.61 Å². The van der Waals surface area contributed by atoms with Crippen molar-refractivity contribution in [2.75, 3.05) is 6.61 Å². The van der Waals surface area contributed by atoms with E-state index in [2.05, 4.69) is 16.9 Å². The summed E-state index contributed by atoms with van der Waals surface area (Å²) in [6.45, 7) is 7.20. The standard InChI is InChI=1S/C14H19ClN2O/c1-10(2)5-6-18-14-13(15)7-11(9-17-14)8-16-12-3-4-12/h7,9,12,16H,1,3-6,8H2,2H3. The van der Waals surface area contributed by atoms with Crippen molar-refractivity contribution in [1.29, 1.82) is 0 Å². The van der Waals surface area contributed by atoms with Gasteiger partial charge in [0.1, 0.15) is 5.02 Å². The van der Waals surface area contributed by atoms with Crippen LogP contribution in [-0.4, -0.2) is 17.6 Å². The third-order valence-electron chi connectivity index (χ3n) is 2.80. The maximum atomic E-state index is 6.14. The minimum Gasteiger partial charge on any atom is -0.476 e. The average molecular weight is 267 g/mol. The van der Waals surface area contributed by atoms with E-state index in [1.807, 2.05) is 19.2 Å². The Labute approximate surface area is 113 Å². The molecule has 1 heterocycles. The zero-order valence-corrected chi connectivity index (χ0v) is 11.5. The monoisotopic (exact) mass is 266 g/mol.